The fraction of sp³-hybridized carbons (Fsp3) is 0.500. The Kier molecular flexibility index (Phi) is 2.38. The number of rotatable bonds is 2. The van der Waals surface area contributed by atoms with Crippen LogP contribution < -0.4 is 5.32 Å². The van der Waals surface area contributed by atoms with Crippen LogP contribution in [-0.2, 0) is 4.79 Å². The highest BCUT2D eigenvalue weighted by atomic mass is 79.9. The molecular weight excluding hydrogens is 252 g/mol. The molecule has 1 aliphatic carbocycles. The van der Waals surface area contributed by atoms with Gasteiger partial charge >= 0.3 is 0 Å². The van der Waals surface area contributed by atoms with Gasteiger partial charge in [0.25, 0.3) is 0 Å². The van der Waals surface area contributed by atoms with Gasteiger partial charge in [0.05, 0.1) is 0 Å². The quantitative estimate of drug-likeness (QED) is 0.830. The molecule has 0 bridgehead atoms. The summed E-state index contributed by atoms with van der Waals surface area (Å²) in [6, 6.07) is 0. The number of thiazole rings is 1. The van der Waals surface area contributed by atoms with Crippen LogP contribution in [0.25, 0.3) is 0 Å². The van der Waals surface area contributed by atoms with Gasteiger partial charge in [-0.25, -0.2) is 4.98 Å². The lowest BCUT2D eigenvalue weighted by Crippen LogP contribution is -2.43. The molecule has 2 rings (SSSR count). The first-order chi connectivity index (χ1) is 6.21. The molecule has 1 saturated carbocycles. The number of nitrogens with zero attached hydrogens (tertiary/aromatic N) is 1. The van der Waals surface area contributed by atoms with Crippen molar-refractivity contribution >= 4 is 38.3 Å². The lowest BCUT2D eigenvalue weighted by molar-refractivity contribution is -0.120. The van der Waals surface area contributed by atoms with Gasteiger partial charge in [0.1, 0.15) is 4.32 Å². The summed E-state index contributed by atoms with van der Waals surface area (Å²) >= 11 is 4.88. The summed E-state index contributed by atoms with van der Waals surface area (Å²) in [5.74, 6) is 0.0358. The van der Waals surface area contributed by atoms with E-state index in [0.717, 1.165) is 19.3 Å². The molecule has 1 N–H and O–H groups in total. The van der Waals surface area contributed by atoms with Crippen molar-refractivity contribution in [1.82, 2.24) is 4.98 Å². The molecule has 1 heterocycles. The zero-order chi connectivity index (χ0) is 9.31. The van der Waals surface area contributed by atoms with Crippen LogP contribution in [-0.4, -0.2) is 15.2 Å². The van der Waals surface area contributed by atoms with Gasteiger partial charge < -0.3 is 5.32 Å². The van der Waals surface area contributed by atoms with Crippen LogP contribution in [0.5, 0.6) is 0 Å². The number of carbonyl (C=O) groups is 1. The first-order valence-corrected chi connectivity index (χ1v) is 5.78. The van der Waals surface area contributed by atoms with E-state index in [0.29, 0.717) is 5.13 Å². The van der Waals surface area contributed by atoms with Crippen LogP contribution in [0.4, 0.5) is 5.13 Å². The van der Waals surface area contributed by atoms with Crippen molar-refractivity contribution in [3.05, 3.63) is 11.6 Å². The van der Waals surface area contributed by atoms with Crippen LogP contribution in [0.15, 0.2) is 11.6 Å². The average Bonchev–Trinajstić information content (AvgIpc) is 2.52. The fourth-order valence-electron chi connectivity index (χ4n) is 1.21. The van der Waals surface area contributed by atoms with Crippen LogP contribution in [0.3, 0.4) is 0 Å². The van der Waals surface area contributed by atoms with Crippen molar-refractivity contribution in [2.24, 2.45) is 0 Å². The lowest BCUT2D eigenvalue weighted by Gasteiger charge is -2.33. The summed E-state index contributed by atoms with van der Waals surface area (Å²) in [5.41, 5.74) is 0. The van der Waals surface area contributed by atoms with Crippen molar-refractivity contribution < 1.29 is 4.79 Å². The summed E-state index contributed by atoms with van der Waals surface area (Å²) < 4.78 is -0.321. The number of carbonyl (C=O) groups excluding carboxylic acids is 1. The molecule has 0 radical (unpaired) electrons. The van der Waals surface area contributed by atoms with Crippen LogP contribution >= 0.6 is 27.3 Å². The predicted octanol–water partition coefficient (Wildman–Crippen LogP) is 2.40. The Hall–Kier alpha value is -0.420. The van der Waals surface area contributed by atoms with Crippen molar-refractivity contribution in [2.45, 2.75) is 23.6 Å². The number of alkyl halides is 1. The second-order valence-corrected chi connectivity index (χ2v) is 5.52. The van der Waals surface area contributed by atoms with Gasteiger partial charge in [-0.1, -0.05) is 15.9 Å². The number of hydrogen-bond acceptors (Lipinski definition) is 3. The molecule has 0 spiro atoms. The molecule has 13 heavy (non-hydrogen) atoms. The zero-order valence-electron chi connectivity index (χ0n) is 6.92. The molecule has 0 aromatic carbocycles. The monoisotopic (exact) mass is 260 g/mol. The van der Waals surface area contributed by atoms with E-state index >= 15 is 0 Å². The number of nitrogens with one attached hydrogen (secondary N) is 1. The molecule has 0 atom stereocenters. The highest BCUT2D eigenvalue weighted by Crippen LogP contribution is 2.41. The van der Waals surface area contributed by atoms with E-state index in [2.05, 4.69) is 26.2 Å². The van der Waals surface area contributed by atoms with Crippen molar-refractivity contribution in [3.63, 3.8) is 0 Å². The van der Waals surface area contributed by atoms with Crippen LogP contribution in [0.1, 0.15) is 19.3 Å². The minimum atomic E-state index is -0.321. The maximum Gasteiger partial charge on any atom is 0.243 e. The normalized spacial score (nSPS) is 19.2. The summed E-state index contributed by atoms with van der Waals surface area (Å²) in [6.45, 7) is 0. The number of amides is 1. The topological polar surface area (TPSA) is 42.0 Å². The third-order valence-corrected chi connectivity index (χ3v) is 4.05. The smallest absolute Gasteiger partial charge is 0.243 e. The molecule has 1 aromatic rings. The number of halogens is 1. The second-order valence-electron chi connectivity index (χ2n) is 3.11. The molecular formula is C8H9BrN2OS. The van der Waals surface area contributed by atoms with Gasteiger partial charge in [0.2, 0.25) is 5.91 Å². The molecule has 3 nitrogen and oxygen atoms in total. The number of anilines is 1. The molecule has 70 valence electrons. The number of aromatic nitrogens is 1. The Balaban J connectivity index is 1.99. The first-order valence-electron chi connectivity index (χ1n) is 4.11. The van der Waals surface area contributed by atoms with Gasteiger partial charge in [-0.05, 0) is 19.3 Å². The average molecular weight is 261 g/mol. The van der Waals surface area contributed by atoms with E-state index in [9.17, 15) is 4.79 Å². The van der Waals surface area contributed by atoms with Crippen LogP contribution in [0.2, 0.25) is 0 Å². The van der Waals surface area contributed by atoms with Gasteiger partial charge in [-0.15, -0.1) is 11.3 Å². The van der Waals surface area contributed by atoms with Crippen molar-refractivity contribution in [3.8, 4) is 0 Å². The fourth-order valence-corrected chi connectivity index (χ4v) is 2.39. The Labute approximate surface area is 88.7 Å². The minimum absolute atomic E-state index is 0.0358. The molecule has 0 aliphatic heterocycles. The molecule has 5 heteroatoms. The highest BCUT2D eigenvalue weighted by Gasteiger charge is 2.41. The SMILES string of the molecule is O=C(Nc1nccs1)C1(Br)CCC1. The predicted molar refractivity (Wildman–Crippen MR) is 56.3 cm³/mol. The largest absolute Gasteiger partial charge is 0.301 e. The molecule has 1 amide bonds. The van der Waals surface area contributed by atoms with Gasteiger partial charge in [0.15, 0.2) is 5.13 Å². The first kappa shape index (κ1) is 9.15. The maximum atomic E-state index is 11.6. The van der Waals surface area contributed by atoms with Crippen LogP contribution in [0, 0.1) is 0 Å². The Morgan fingerprint density at radius 2 is 2.46 bits per heavy atom. The molecule has 0 unspecified atom stereocenters. The zero-order valence-corrected chi connectivity index (χ0v) is 9.32. The van der Waals surface area contributed by atoms with E-state index in [1.54, 1.807) is 6.20 Å². The Bertz CT molecular complexity index is 308. The Morgan fingerprint density at radius 1 is 1.69 bits per heavy atom. The summed E-state index contributed by atoms with van der Waals surface area (Å²) in [5, 5.41) is 5.31. The maximum absolute atomic E-state index is 11.6. The van der Waals surface area contributed by atoms with E-state index in [1.807, 2.05) is 5.38 Å². The van der Waals surface area contributed by atoms with Gasteiger partial charge in [0, 0.05) is 11.6 Å². The van der Waals surface area contributed by atoms with E-state index < -0.39 is 0 Å². The Morgan fingerprint density at radius 3 is 2.92 bits per heavy atom. The minimum Gasteiger partial charge on any atom is -0.301 e. The summed E-state index contributed by atoms with van der Waals surface area (Å²) in [6.07, 6.45) is 4.65. The van der Waals surface area contributed by atoms with Crippen molar-refractivity contribution in [1.29, 1.82) is 0 Å². The third-order valence-electron chi connectivity index (χ3n) is 2.21. The van der Waals surface area contributed by atoms with Gasteiger partial charge in [-0.3, -0.25) is 4.79 Å². The van der Waals surface area contributed by atoms with E-state index in [-0.39, 0.29) is 10.2 Å². The highest BCUT2D eigenvalue weighted by molar-refractivity contribution is 9.10. The van der Waals surface area contributed by atoms with E-state index in [1.165, 1.54) is 11.3 Å². The van der Waals surface area contributed by atoms with E-state index in [4.69, 9.17) is 0 Å². The van der Waals surface area contributed by atoms with Gasteiger partial charge in [-0.2, -0.15) is 0 Å². The third kappa shape index (κ3) is 1.76. The number of hydrogen-bond donors (Lipinski definition) is 1. The molecule has 0 saturated heterocycles. The molecule has 1 aromatic heterocycles. The second kappa shape index (κ2) is 3.38. The molecule has 1 fully saturated rings. The molecule has 1 aliphatic rings. The standard InChI is InChI=1S/C8H9BrN2OS/c9-8(2-1-3-8)6(12)11-7-10-4-5-13-7/h4-5H,1-3H2,(H,10,11,12). The summed E-state index contributed by atoms with van der Waals surface area (Å²) in [7, 11) is 0. The summed E-state index contributed by atoms with van der Waals surface area (Å²) in [4.78, 5) is 15.6. The lowest BCUT2D eigenvalue weighted by atomic mass is 9.84. The van der Waals surface area contributed by atoms with Crippen molar-refractivity contribution in [2.75, 3.05) is 5.32 Å².